The number of pyridine rings is 1. The average Bonchev–Trinajstić information content (AvgIpc) is 2.68. The van der Waals surface area contributed by atoms with E-state index in [0.29, 0.717) is 24.7 Å². The van der Waals surface area contributed by atoms with Gasteiger partial charge in [0.1, 0.15) is 10.8 Å². The minimum absolute atomic E-state index is 0.351. The fraction of sp³-hybridized carbons (Fsp3) is 0.214. The number of rotatable bonds is 2. The molecule has 0 bridgehead atoms. The minimum Gasteiger partial charge on any atom is -0.490 e. The Hall–Kier alpha value is -2.08. The number of nitrogen functional groups attached to an aromatic ring is 2. The first-order valence-electron chi connectivity index (χ1n) is 6.32. The first-order chi connectivity index (χ1) is 9.72. The highest BCUT2D eigenvalue weighted by Gasteiger charge is 2.11. The van der Waals surface area contributed by atoms with E-state index in [1.54, 1.807) is 6.07 Å². The number of hydrogen-bond acceptors (Lipinski definition) is 6. The number of ether oxygens (including phenoxy) is 2. The molecular formula is C14H15N3O2S. The van der Waals surface area contributed by atoms with Crippen molar-refractivity contribution in [2.24, 2.45) is 0 Å². The van der Waals surface area contributed by atoms with Crippen molar-refractivity contribution in [3.63, 3.8) is 0 Å². The fourth-order valence-corrected chi connectivity index (χ4v) is 2.68. The van der Waals surface area contributed by atoms with Gasteiger partial charge in [-0.2, -0.15) is 0 Å². The highest BCUT2D eigenvalue weighted by molar-refractivity contribution is 7.99. The van der Waals surface area contributed by atoms with Crippen LogP contribution in [-0.2, 0) is 0 Å². The van der Waals surface area contributed by atoms with Gasteiger partial charge in [0, 0.05) is 11.3 Å². The summed E-state index contributed by atoms with van der Waals surface area (Å²) in [4.78, 5) is 5.26. The number of nitrogens with two attached hydrogens (primary N) is 2. The Labute approximate surface area is 121 Å². The second-order valence-electron chi connectivity index (χ2n) is 4.39. The molecule has 0 aliphatic carbocycles. The summed E-state index contributed by atoms with van der Waals surface area (Å²) < 4.78 is 11.3. The van der Waals surface area contributed by atoms with E-state index in [-0.39, 0.29) is 0 Å². The molecule has 0 radical (unpaired) electrons. The van der Waals surface area contributed by atoms with Crippen LogP contribution >= 0.6 is 11.8 Å². The van der Waals surface area contributed by atoms with Crippen LogP contribution in [0, 0.1) is 0 Å². The average molecular weight is 289 g/mol. The van der Waals surface area contributed by atoms with Gasteiger partial charge in [-0.3, -0.25) is 0 Å². The molecule has 4 N–H and O–H groups in total. The van der Waals surface area contributed by atoms with Gasteiger partial charge in [0.25, 0.3) is 0 Å². The lowest BCUT2D eigenvalue weighted by Gasteiger charge is -2.09. The molecule has 1 aromatic carbocycles. The monoisotopic (exact) mass is 289 g/mol. The highest BCUT2D eigenvalue weighted by atomic mass is 32.2. The lowest BCUT2D eigenvalue weighted by atomic mass is 10.3. The number of aromatic nitrogens is 1. The summed E-state index contributed by atoms with van der Waals surface area (Å²) >= 11 is 1.51. The van der Waals surface area contributed by atoms with Gasteiger partial charge in [-0.15, -0.1) is 0 Å². The molecule has 2 heterocycles. The molecule has 0 fully saturated rings. The molecule has 1 aliphatic rings. The van der Waals surface area contributed by atoms with Crippen LogP contribution in [0.3, 0.4) is 0 Å². The summed E-state index contributed by atoms with van der Waals surface area (Å²) in [6.07, 6.45) is 0.896. The Balaban J connectivity index is 1.83. The first-order valence-corrected chi connectivity index (χ1v) is 7.13. The molecule has 0 saturated heterocycles. The Morgan fingerprint density at radius 3 is 2.60 bits per heavy atom. The van der Waals surface area contributed by atoms with Crippen molar-refractivity contribution >= 4 is 23.3 Å². The topological polar surface area (TPSA) is 83.4 Å². The number of hydrogen-bond donors (Lipinski definition) is 2. The van der Waals surface area contributed by atoms with Crippen LogP contribution in [0.1, 0.15) is 6.42 Å². The third kappa shape index (κ3) is 2.75. The molecule has 0 atom stereocenters. The van der Waals surface area contributed by atoms with E-state index in [0.717, 1.165) is 27.8 Å². The van der Waals surface area contributed by atoms with E-state index in [1.165, 1.54) is 11.8 Å². The summed E-state index contributed by atoms with van der Waals surface area (Å²) in [6, 6.07) is 9.46. The second kappa shape index (κ2) is 5.50. The summed E-state index contributed by atoms with van der Waals surface area (Å²) in [5, 5.41) is 0.797. The van der Waals surface area contributed by atoms with E-state index in [1.807, 2.05) is 24.3 Å². The summed E-state index contributed by atoms with van der Waals surface area (Å²) in [7, 11) is 0. The van der Waals surface area contributed by atoms with Crippen molar-refractivity contribution < 1.29 is 9.47 Å². The van der Waals surface area contributed by atoms with Crippen LogP contribution in [0.2, 0.25) is 0 Å². The maximum atomic E-state index is 5.71. The maximum Gasteiger partial charge on any atom is 0.162 e. The quantitative estimate of drug-likeness (QED) is 0.884. The lowest BCUT2D eigenvalue weighted by molar-refractivity contribution is 0.297. The van der Waals surface area contributed by atoms with Crippen LogP contribution < -0.4 is 20.9 Å². The molecule has 1 aromatic heterocycles. The first kappa shape index (κ1) is 12.9. The number of anilines is 2. The molecule has 104 valence electrons. The zero-order valence-electron chi connectivity index (χ0n) is 10.8. The molecule has 0 unspecified atom stereocenters. The molecule has 3 rings (SSSR count). The highest BCUT2D eigenvalue weighted by Crippen LogP contribution is 2.36. The fourth-order valence-electron chi connectivity index (χ4n) is 1.85. The van der Waals surface area contributed by atoms with Crippen molar-refractivity contribution in [1.82, 2.24) is 4.98 Å². The van der Waals surface area contributed by atoms with Crippen molar-refractivity contribution in [2.75, 3.05) is 24.7 Å². The molecule has 5 nitrogen and oxygen atoms in total. The molecular weight excluding hydrogens is 274 g/mol. The van der Waals surface area contributed by atoms with E-state index in [9.17, 15) is 0 Å². The molecule has 0 saturated carbocycles. The van der Waals surface area contributed by atoms with Crippen LogP contribution in [0.4, 0.5) is 11.5 Å². The number of fused-ring (bicyclic) bond motifs is 1. The number of nitrogens with zero attached hydrogens (tertiary/aromatic N) is 1. The van der Waals surface area contributed by atoms with Gasteiger partial charge >= 0.3 is 0 Å². The summed E-state index contributed by atoms with van der Waals surface area (Å²) in [5.41, 5.74) is 11.9. The maximum absolute atomic E-state index is 5.71. The van der Waals surface area contributed by atoms with Gasteiger partial charge in [0.05, 0.1) is 18.9 Å². The SMILES string of the molecule is Nc1ccc(Sc2ccc3c(c2)OCCCO3)nc1N. The van der Waals surface area contributed by atoms with Crippen molar-refractivity contribution in [1.29, 1.82) is 0 Å². The van der Waals surface area contributed by atoms with Crippen molar-refractivity contribution in [3.05, 3.63) is 30.3 Å². The van der Waals surface area contributed by atoms with Gasteiger partial charge < -0.3 is 20.9 Å². The van der Waals surface area contributed by atoms with Crippen LogP contribution in [0.15, 0.2) is 40.3 Å². The molecule has 0 amide bonds. The van der Waals surface area contributed by atoms with E-state index in [4.69, 9.17) is 20.9 Å². The summed E-state index contributed by atoms with van der Waals surface area (Å²) in [6.45, 7) is 1.36. The Kier molecular flexibility index (Phi) is 3.56. The smallest absolute Gasteiger partial charge is 0.162 e. The molecule has 1 aliphatic heterocycles. The molecule has 0 spiro atoms. The predicted octanol–water partition coefficient (Wildman–Crippen LogP) is 2.56. The zero-order chi connectivity index (χ0) is 13.9. The zero-order valence-corrected chi connectivity index (χ0v) is 11.7. The normalized spacial score (nSPS) is 13.8. The van der Waals surface area contributed by atoms with Gasteiger partial charge in [0.2, 0.25) is 0 Å². The van der Waals surface area contributed by atoms with Gasteiger partial charge in [0.15, 0.2) is 11.5 Å². The van der Waals surface area contributed by atoms with Gasteiger partial charge in [-0.25, -0.2) is 4.98 Å². The predicted molar refractivity (Wildman–Crippen MR) is 79.2 cm³/mol. The molecule has 20 heavy (non-hydrogen) atoms. The third-order valence-corrected chi connectivity index (χ3v) is 3.80. The van der Waals surface area contributed by atoms with Crippen molar-refractivity contribution in [2.45, 2.75) is 16.3 Å². The number of benzene rings is 1. The third-order valence-electron chi connectivity index (χ3n) is 2.87. The van der Waals surface area contributed by atoms with Crippen molar-refractivity contribution in [3.8, 4) is 11.5 Å². The van der Waals surface area contributed by atoms with Crippen LogP contribution in [0.25, 0.3) is 0 Å². The summed E-state index contributed by atoms with van der Waals surface area (Å²) in [5.74, 6) is 1.91. The Morgan fingerprint density at radius 2 is 1.80 bits per heavy atom. The van der Waals surface area contributed by atoms with E-state index < -0.39 is 0 Å². The molecule has 6 heteroatoms. The standard InChI is InChI=1S/C14H15N3O2S/c15-10-3-5-13(17-14(10)16)20-9-2-4-11-12(8-9)19-7-1-6-18-11/h2-5,8H,1,6-7,15H2,(H2,16,17). The Bertz CT molecular complexity index is 634. The lowest BCUT2D eigenvalue weighted by Crippen LogP contribution is -1.98. The Morgan fingerprint density at radius 1 is 1.00 bits per heavy atom. The minimum atomic E-state index is 0.351. The van der Waals surface area contributed by atoms with E-state index in [2.05, 4.69) is 4.98 Å². The largest absolute Gasteiger partial charge is 0.490 e. The van der Waals surface area contributed by atoms with Crippen LogP contribution in [-0.4, -0.2) is 18.2 Å². The molecule has 2 aromatic rings. The van der Waals surface area contributed by atoms with Gasteiger partial charge in [-0.05, 0) is 30.3 Å². The van der Waals surface area contributed by atoms with E-state index >= 15 is 0 Å². The second-order valence-corrected chi connectivity index (χ2v) is 5.48. The van der Waals surface area contributed by atoms with Crippen LogP contribution in [0.5, 0.6) is 11.5 Å². The van der Waals surface area contributed by atoms with Gasteiger partial charge in [-0.1, -0.05) is 11.8 Å².